The Bertz CT molecular complexity index is 604. The molecule has 2 atom stereocenters. The van der Waals surface area contributed by atoms with Crippen molar-refractivity contribution in [3.63, 3.8) is 0 Å². The van der Waals surface area contributed by atoms with Gasteiger partial charge in [-0.1, -0.05) is 13.8 Å². The molecule has 0 aromatic carbocycles. The third kappa shape index (κ3) is 5.09. The molecule has 2 aliphatic rings. The van der Waals surface area contributed by atoms with Gasteiger partial charge in [-0.05, 0) is 38.2 Å². The van der Waals surface area contributed by atoms with Crippen LogP contribution in [-0.4, -0.2) is 77.2 Å². The molecule has 1 aromatic rings. The number of amides is 2. The molecule has 27 heavy (non-hydrogen) atoms. The van der Waals surface area contributed by atoms with Gasteiger partial charge in [-0.15, -0.1) is 0 Å². The molecule has 0 bridgehead atoms. The van der Waals surface area contributed by atoms with E-state index in [1.54, 1.807) is 12.4 Å². The number of urea groups is 1. The van der Waals surface area contributed by atoms with Crippen LogP contribution in [-0.2, 0) is 0 Å². The van der Waals surface area contributed by atoms with Crippen LogP contribution in [0.4, 0.5) is 10.7 Å². The fourth-order valence-electron chi connectivity index (χ4n) is 4.24. The second-order valence-electron chi connectivity index (χ2n) is 8.85. The minimum absolute atomic E-state index is 0.0295. The van der Waals surface area contributed by atoms with Crippen molar-refractivity contribution in [2.24, 2.45) is 11.8 Å². The summed E-state index contributed by atoms with van der Waals surface area (Å²) in [5.74, 6) is 2.18. The van der Waals surface area contributed by atoms with Crippen LogP contribution in [0.1, 0.15) is 34.1 Å². The summed E-state index contributed by atoms with van der Waals surface area (Å²) in [5, 5.41) is 3.17. The Morgan fingerprint density at radius 3 is 2.30 bits per heavy atom. The second kappa shape index (κ2) is 8.42. The molecule has 1 N–H and O–H groups in total. The maximum Gasteiger partial charge on any atom is 0.317 e. The van der Waals surface area contributed by atoms with Gasteiger partial charge in [0.2, 0.25) is 5.95 Å². The summed E-state index contributed by atoms with van der Waals surface area (Å²) in [6, 6.07) is 1.86. The Kier molecular flexibility index (Phi) is 6.19. The van der Waals surface area contributed by atoms with Crippen LogP contribution in [0.2, 0.25) is 0 Å². The number of piperazine rings is 1. The molecule has 2 aliphatic heterocycles. The number of carbonyl (C=O) groups is 1. The highest BCUT2D eigenvalue weighted by Crippen LogP contribution is 2.26. The highest BCUT2D eigenvalue weighted by Gasteiger charge is 2.33. The van der Waals surface area contributed by atoms with E-state index in [1.165, 1.54) is 6.42 Å². The first-order chi connectivity index (χ1) is 12.8. The zero-order chi connectivity index (χ0) is 19.4. The number of nitrogens with one attached hydrogen (secondary N) is 1. The smallest absolute Gasteiger partial charge is 0.317 e. The van der Waals surface area contributed by atoms with E-state index in [9.17, 15) is 4.79 Å². The minimum atomic E-state index is -0.0295. The van der Waals surface area contributed by atoms with E-state index >= 15 is 0 Å². The molecule has 150 valence electrons. The standard InChI is InChI=1S/C20H34N6O/c1-16-12-17(2)14-26(13-16)20(3,4)15-23-19(27)25-10-8-24(9-11-25)18-21-6-5-7-22-18/h5-7,16-17H,8-15H2,1-4H3,(H,23,27). The largest absolute Gasteiger partial charge is 0.337 e. The summed E-state index contributed by atoms with van der Waals surface area (Å²) in [7, 11) is 0. The van der Waals surface area contributed by atoms with E-state index < -0.39 is 0 Å². The number of hydrogen-bond acceptors (Lipinski definition) is 5. The summed E-state index contributed by atoms with van der Waals surface area (Å²) in [5.41, 5.74) is -0.0295. The van der Waals surface area contributed by atoms with Crippen LogP contribution in [0.15, 0.2) is 18.5 Å². The molecule has 0 spiro atoms. The molecule has 0 saturated carbocycles. The second-order valence-corrected chi connectivity index (χ2v) is 8.85. The Balaban J connectivity index is 1.47. The van der Waals surface area contributed by atoms with Crippen molar-refractivity contribution in [3.8, 4) is 0 Å². The Labute approximate surface area is 163 Å². The van der Waals surface area contributed by atoms with Crippen LogP contribution in [0, 0.1) is 11.8 Å². The molecule has 2 fully saturated rings. The van der Waals surface area contributed by atoms with E-state index in [0.29, 0.717) is 19.6 Å². The van der Waals surface area contributed by atoms with Gasteiger partial charge in [0.15, 0.2) is 0 Å². The third-order valence-electron chi connectivity index (χ3n) is 5.80. The Hall–Kier alpha value is -1.89. The van der Waals surface area contributed by atoms with Crippen molar-refractivity contribution in [1.82, 2.24) is 25.1 Å². The van der Waals surface area contributed by atoms with Gasteiger partial charge in [0.05, 0.1) is 0 Å². The topological polar surface area (TPSA) is 64.6 Å². The molecule has 2 saturated heterocycles. The highest BCUT2D eigenvalue weighted by molar-refractivity contribution is 5.74. The molecular formula is C20H34N6O. The molecule has 3 heterocycles. The van der Waals surface area contributed by atoms with Gasteiger partial charge < -0.3 is 15.1 Å². The van der Waals surface area contributed by atoms with Crippen LogP contribution >= 0.6 is 0 Å². The molecule has 2 amide bonds. The first kappa shape index (κ1) is 19.9. The fraction of sp³-hybridized carbons (Fsp3) is 0.750. The first-order valence-electron chi connectivity index (χ1n) is 10.1. The minimum Gasteiger partial charge on any atom is -0.337 e. The number of rotatable bonds is 4. The van der Waals surface area contributed by atoms with Crippen LogP contribution in [0.3, 0.4) is 0 Å². The lowest BCUT2D eigenvalue weighted by molar-refractivity contribution is 0.0463. The summed E-state index contributed by atoms with van der Waals surface area (Å²) in [4.78, 5) is 27.8. The number of nitrogens with zero attached hydrogens (tertiary/aromatic N) is 5. The van der Waals surface area contributed by atoms with Gasteiger partial charge in [-0.3, -0.25) is 4.90 Å². The maximum atomic E-state index is 12.6. The summed E-state index contributed by atoms with van der Waals surface area (Å²) in [6.45, 7) is 15.0. The van der Waals surface area contributed by atoms with Crippen molar-refractivity contribution in [3.05, 3.63) is 18.5 Å². The zero-order valence-electron chi connectivity index (χ0n) is 17.2. The zero-order valence-corrected chi connectivity index (χ0v) is 17.2. The van der Waals surface area contributed by atoms with Gasteiger partial charge in [0, 0.05) is 63.7 Å². The quantitative estimate of drug-likeness (QED) is 0.874. The monoisotopic (exact) mass is 374 g/mol. The number of likely N-dealkylation sites (tertiary alicyclic amines) is 1. The van der Waals surface area contributed by atoms with Crippen LogP contribution < -0.4 is 10.2 Å². The third-order valence-corrected chi connectivity index (χ3v) is 5.80. The average Bonchev–Trinajstić information content (AvgIpc) is 2.66. The van der Waals surface area contributed by atoms with Crippen molar-refractivity contribution < 1.29 is 4.79 Å². The van der Waals surface area contributed by atoms with E-state index in [1.807, 2.05) is 11.0 Å². The molecule has 1 aromatic heterocycles. The van der Waals surface area contributed by atoms with Gasteiger partial charge >= 0.3 is 6.03 Å². The molecule has 7 nitrogen and oxygen atoms in total. The SMILES string of the molecule is CC1CC(C)CN(C(C)(C)CNC(=O)N2CCN(c3ncccn3)CC2)C1. The van der Waals surface area contributed by atoms with Crippen LogP contribution in [0.5, 0.6) is 0 Å². The number of piperidine rings is 1. The molecular weight excluding hydrogens is 340 g/mol. The predicted molar refractivity (Wildman–Crippen MR) is 108 cm³/mol. The van der Waals surface area contributed by atoms with E-state index in [-0.39, 0.29) is 11.6 Å². The van der Waals surface area contributed by atoms with Gasteiger partial charge in [-0.2, -0.15) is 0 Å². The van der Waals surface area contributed by atoms with Crippen molar-refractivity contribution in [2.45, 2.75) is 39.7 Å². The molecule has 0 radical (unpaired) electrons. The average molecular weight is 375 g/mol. The van der Waals surface area contributed by atoms with E-state index in [2.05, 4.69) is 52.8 Å². The molecule has 3 rings (SSSR count). The lowest BCUT2D eigenvalue weighted by Gasteiger charge is -2.45. The summed E-state index contributed by atoms with van der Waals surface area (Å²) < 4.78 is 0. The number of carbonyl (C=O) groups excluding carboxylic acids is 1. The van der Waals surface area contributed by atoms with Crippen molar-refractivity contribution in [1.29, 1.82) is 0 Å². The lowest BCUT2D eigenvalue weighted by Crippen LogP contribution is -2.58. The Morgan fingerprint density at radius 1 is 1.11 bits per heavy atom. The number of aromatic nitrogens is 2. The number of anilines is 1. The first-order valence-corrected chi connectivity index (χ1v) is 10.1. The van der Waals surface area contributed by atoms with Gasteiger partial charge in [0.25, 0.3) is 0 Å². The Morgan fingerprint density at radius 2 is 1.70 bits per heavy atom. The van der Waals surface area contributed by atoms with Crippen molar-refractivity contribution >= 4 is 12.0 Å². The molecule has 7 heteroatoms. The van der Waals surface area contributed by atoms with Crippen molar-refractivity contribution in [2.75, 3.05) is 50.7 Å². The maximum absolute atomic E-state index is 12.6. The highest BCUT2D eigenvalue weighted by atomic mass is 16.2. The van der Waals surface area contributed by atoms with Gasteiger partial charge in [0.1, 0.15) is 0 Å². The van der Waals surface area contributed by atoms with Crippen LogP contribution in [0.25, 0.3) is 0 Å². The molecule has 2 unspecified atom stereocenters. The fourth-order valence-corrected chi connectivity index (χ4v) is 4.24. The lowest BCUT2D eigenvalue weighted by atomic mass is 9.88. The number of hydrogen-bond donors (Lipinski definition) is 1. The van der Waals surface area contributed by atoms with Gasteiger partial charge in [-0.25, -0.2) is 14.8 Å². The normalized spacial score (nSPS) is 24.7. The summed E-state index contributed by atoms with van der Waals surface area (Å²) >= 11 is 0. The summed E-state index contributed by atoms with van der Waals surface area (Å²) in [6.07, 6.45) is 4.81. The molecule has 0 aliphatic carbocycles. The predicted octanol–water partition coefficient (Wildman–Crippen LogP) is 2.06. The van der Waals surface area contributed by atoms with E-state index in [4.69, 9.17) is 0 Å². The van der Waals surface area contributed by atoms with E-state index in [0.717, 1.165) is 44.0 Å².